The molecular formula is C18H19N3O2. The maximum Gasteiger partial charge on any atom is 0.246 e. The molecule has 0 atom stereocenters. The second kappa shape index (κ2) is 6.60. The molecule has 3 rings (SSSR count). The fraction of sp³-hybridized carbons (Fsp3) is 0.278. The van der Waals surface area contributed by atoms with E-state index in [-0.39, 0.29) is 11.7 Å². The zero-order valence-corrected chi connectivity index (χ0v) is 13.1. The monoisotopic (exact) mass is 309 g/mol. The molecule has 5 nitrogen and oxygen atoms in total. The third kappa shape index (κ3) is 3.39. The Morgan fingerprint density at radius 2 is 1.78 bits per heavy atom. The van der Waals surface area contributed by atoms with Crippen LogP contribution in [0.5, 0.6) is 0 Å². The molecule has 0 saturated carbocycles. The van der Waals surface area contributed by atoms with Gasteiger partial charge in [-0.2, -0.15) is 0 Å². The molecule has 5 heteroatoms. The molecule has 2 aromatic rings. The lowest BCUT2D eigenvalue weighted by molar-refractivity contribution is -0.126. The van der Waals surface area contributed by atoms with Gasteiger partial charge < -0.3 is 9.80 Å². The number of fused-ring (bicyclic) bond motifs is 1. The number of carbonyl (C=O) groups is 2. The maximum absolute atomic E-state index is 12.0. The second-order valence-corrected chi connectivity index (χ2v) is 5.61. The predicted molar refractivity (Wildman–Crippen MR) is 90.4 cm³/mol. The summed E-state index contributed by atoms with van der Waals surface area (Å²) in [5.41, 5.74) is 2.10. The second-order valence-electron chi connectivity index (χ2n) is 5.61. The molecule has 1 aromatic carbocycles. The van der Waals surface area contributed by atoms with E-state index < -0.39 is 0 Å². The normalized spacial score (nSPS) is 15.3. The molecule has 0 aliphatic carbocycles. The van der Waals surface area contributed by atoms with Crippen LogP contribution in [0.25, 0.3) is 10.9 Å². The summed E-state index contributed by atoms with van der Waals surface area (Å²) < 4.78 is 0. The molecule has 0 bridgehead atoms. The quantitative estimate of drug-likeness (QED) is 0.814. The summed E-state index contributed by atoms with van der Waals surface area (Å²) in [5, 5.41) is 1.12. The van der Waals surface area contributed by atoms with Crippen molar-refractivity contribution in [1.29, 1.82) is 0 Å². The highest BCUT2D eigenvalue weighted by Crippen LogP contribution is 2.25. The Labute approximate surface area is 135 Å². The summed E-state index contributed by atoms with van der Waals surface area (Å²) in [7, 11) is 0. The van der Waals surface area contributed by atoms with Crippen molar-refractivity contribution in [2.24, 2.45) is 0 Å². The van der Waals surface area contributed by atoms with Crippen molar-refractivity contribution in [2.45, 2.75) is 6.92 Å². The summed E-state index contributed by atoms with van der Waals surface area (Å²) >= 11 is 0. The molecule has 23 heavy (non-hydrogen) atoms. The number of hydrogen-bond donors (Lipinski definition) is 0. The van der Waals surface area contributed by atoms with Crippen LogP contribution in [-0.4, -0.2) is 47.8 Å². The van der Waals surface area contributed by atoms with E-state index in [1.807, 2.05) is 12.1 Å². The predicted octanol–water partition coefficient (Wildman–Crippen LogP) is 2.03. The molecule has 1 amide bonds. The third-order valence-corrected chi connectivity index (χ3v) is 4.00. The summed E-state index contributed by atoms with van der Waals surface area (Å²) in [6, 6.07) is 10.1. The van der Waals surface area contributed by atoms with Gasteiger partial charge in [0, 0.05) is 43.8 Å². The fourth-order valence-corrected chi connectivity index (χ4v) is 2.81. The third-order valence-electron chi connectivity index (χ3n) is 4.00. The van der Waals surface area contributed by atoms with Gasteiger partial charge in [0.25, 0.3) is 0 Å². The number of rotatable bonds is 3. The molecule has 0 unspecified atom stereocenters. The molecule has 1 aliphatic heterocycles. The highest BCUT2D eigenvalue weighted by molar-refractivity contribution is 5.96. The molecule has 118 valence electrons. The van der Waals surface area contributed by atoms with Gasteiger partial charge in [0.1, 0.15) is 0 Å². The number of para-hydroxylation sites is 1. The maximum atomic E-state index is 12.0. The van der Waals surface area contributed by atoms with Crippen LogP contribution in [0.15, 0.2) is 48.7 Å². The number of ketones is 1. The number of hydrogen-bond acceptors (Lipinski definition) is 4. The highest BCUT2D eigenvalue weighted by atomic mass is 16.2. The summed E-state index contributed by atoms with van der Waals surface area (Å²) in [6.45, 7) is 4.24. The topological polar surface area (TPSA) is 53.5 Å². The molecule has 0 N–H and O–H groups in total. The Bertz CT molecular complexity index is 756. The molecule has 2 heterocycles. The zero-order valence-electron chi connectivity index (χ0n) is 13.1. The minimum Gasteiger partial charge on any atom is -0.366 e. The van der Waals surface area contributed by atoms with E-state index in [2.05, 4.69) is 28.1 Å². The Morgan fingerprint density at radius 3 is 2.52 bits per heavy atom. The van der Waals surface area contributed by atoms with Gasteiger partial charge in [0.05, 0.1) is 11.2 Å². The number of piperazine rings is 1. The van der Waals surface area contributed by atoms with Crippen molar-refractivity contribution in [3.8, 4) is 0 Å². The van der Waals surface area contributed by atoms with Crippen molar-refractivity contribution in [3.63, 3.8) is 0 Å². The van der Waals surface area contributed by atoms with Crippen molar-refractivity contribution in [2.75, 3.05) is 31.1 Å². The molecule has 1 fully saturated rings. The van der Waals surface area contributed by atoms with Crippen LogP contribution in [-0.2, 0) is 9.59 Å². The molecule has 1 aromatic heterocycles. The number of benzene rings is 1. The lowest BCUT2D eigenvalue weighted by Crippen LogP contribution is -2.48. The van der Waals surface area contributed by atoms with Crippen LogP contribution in [0, 0.1) is 0 Å². The Morgan fingerprint density at radius 1 is 1.04 bits per heavy atom. The van der Waals surface area contributed by atoms with Crippen LogP contribution >= 0.6 is 0 Å². The minimum atomic E-state index is -0.112. The Hall–Kier alpha value is -2.69. The number of nitrogens with zero attached hydrogens (tertiary/aromatic N) is 3. The van der Waals surface area contributed by atoms with Crippen molar-refractivity contribution in [3.05, 3.63) is 48.7 Å². The van der Waals surface area contributed by atoms with E-state index in [0.717, 1.165) is 29.7 Å². The number of aromatic nitrogens is 1. The number of pyridine rings is 1. The number of carbonyl (C=O) groups excluding carboxylic acids is 2. The molecule has 1 aliphatic rings. The SMILES string of the molecule is CC(=O)C=CC(=O)N1CCN(c2cccc3cccnc23)CC1. The van der Waals surface area contributed by atoms with Crippen molar-refractivity contribution < 1.29 is 9.59 Å². The summed E-state index contributed by atoms with van der Waals surface area (Å²) in [6.07, 6.45) is 4.49. The van der Waals surface area contributed by atoms with Crippen molar-refractivity contribution in [1.82, 2.24) is 9.88 Å². The molecular weight excluding hydrogens is 290 g/mol. The first-order valence-corrected chi connectivity index (χ1v) is 7.71. The zero-order chi connectivity index (χ0) is 16.2. The fourth-order valence-electron chi connectivity index (χ4n) is 2.81. The average Bonchev–Trinajstić information content (AvgIpc) is 2.59. The largest absolute Gasteiger partial charge is 0.366 e. The van der Waals surface area contributed by atoms with Crippen LogP contribution in [0.2, 0.25) is 0 Å². The molecule has 1 saturated heterocycles. The van der Waals surface area contributed by atoms with E-state index in [1.165, 1.54) is 19.1 Å². The first-order valence-electron chi connectivity index (χ1n) is 7.71. The van der Waals surface area contributed by atoms with Gasteiger partial charge in [0.15, 0.2) is 5.78 Å². The lowest BCUT2D eigenvalue weighted by Gasteiger charge is -2.36. The van der Waals surface area contributed by atoms with Crippen LogP contribution < -0.4 is 4.90 Å². The van der Waals surface area contributed by atoms with Crippen LogP contribution in [0.3, 0.4) is 0 Å². The van der Waals surface area contributed by atoms with Gasteiger partial charge in [-0.25, -0.2) is 0 Å². The Balaban J connectivity index is 1.71. The van der Waals surface area contributed by atoms with Crippen LogP contribution in [0.4, 0.5) is 5.69 Å². The van der Waals surface area contributed by atoms with E-state index in [0.29, 0.717) is 13.1 Å². The average molecular weight is 309 g/mol. The number of amides is 1. The van der Waals surface area contributed by atoms with Gasteiger partial charge in [-0.05, 0) is 25.1 Å². The van der Waals surface area contributed by atoms with E-state index in [1.54, 1.807) is 11.1 Å². The summed E-state index contributed by atoms with van der Waals surface area (Å²) in [4.78, 5) is 31.5. The highest BCUT2D eigenvalue weighted by Gasteiger charge is 2.21. The van der Waals surface area contributed by atoms with E-state index in [9.17, 15) is 9.59 Å². The number of allylic oxidation sites excluding steroid dienone is 1. The standard InChI is InChI=1S/C18H19N3O2/c1-14(22)7-8-17(23)21-12-10-20(11-13-21)16-6-2-4-15-5-3-9-19-18(15)16/h2-9H,10-13H2,1H3. The van der Waals surface area contributed by atoms with E-state index >= 15 is 0 Å². The van der Waals surface area contributed by atoms with Crippen LogP contribution in [0.1, 0.15) is 6.92 Å². The van der Waals surface area contributed by atoms with Gasteiger partial charge >= 0.3 is 0 Å². The Kier molecular flexibility index (Phi) is 4.37. The first kappa shape index (κ1) is 15.2. The minimum absolute atomic E-state index is 0.101. The smallest absolute Gasteiger partial charge is 0.246 e. The molecule has 0 spiro atoms. The van der Waals surface area contributed by atoms with Crippen molar-refractivity contribution >= 4 is 28.3 Å². The first-order chi connectivity index (χ1) is 11.1. The van der Waals surface area contributed by atoms with E-state index in [4.69, 9.17) is 0 Å². The molecule has 0 radical (unpaired) electrons. The number of anilines is 1. The van der Waals surface area contributed by atoms with Gasteiger partial charge in [0.2, 0.25) is 5.91 Å². The van der Waals surface area contributed by atoms with Gasteiger partial charge in [-0.3, -0.25) is 14.6 Å². The van der Waals surface area contributed by atoms with Gasteiger partial charge in [-0.15, -0.1) is 0 Å². The van der Waals surface area contributed by atoms with Gasteiger partial charge in [-0.1, -0.05) is 18.2 Å². The lowest BCUT2D eigenvalue weighted by atomic mass is 10.1. The summed E-state index contributed by atoms with van der Waals surface area (Å²) in [5.74, 6) is -0.213.